The number of carbonyl (C=O) groups is 2. The number of benzene rings is 2. The smallest absolute Gasteiger partial charge is 0.337 e. The fourth-order valence-corrected chi connectivity index (χ4v) is 3.42. The minimum Gasteiger partial charge on any atom is -0.466 e. The number of β-amino-alcohol motifs (C(OH)–C–C–N with tert-alkyl or cyclic N) is 1. The Morgan fingerprint density at radius 3 is 2.76 bits per heavy atom. The largest absolute Gasteiger partial charge is 0.466 e. The number of aliphatic hydroxyl groups excluding tert-OH is 1. The average molecular weight is 392 g/mol. The van der Waals surface area contributed by atoms with Gasteiger partial charge in [-0.1, -0.05) is 24.3 Å². The van der Waals surface area contributed by atoms with Crippen molar-refractivity contribution in [2.45, 2.75) is 0 Å². The van der Waals surface area contributed by atoms with E-state index >= 15 is 0 Å². The SMILES string of the molecule is COC(=O)C1=C(Nc2ccccc2-n2cnc3ccccc32)C(=O)N(CCO)C1. The molecule has 0 spiro atoms. The number of fused-ring (bicyclic) bond motifs is 1. The third-order valence-corrected chi connectivity index (χ3v) is 4.83. The number of hydrogen-bond donors (Lipinski definition) is 2. The molecule has 1 aromatic heterocycles. The number of hydrogen-bond acceptors (Lipinski definition) is 6. The summed E-state index contributed by atoms with van der Waals surface area (Å²) in [4.78, 5) is 30.9. The van der Waals surface area contributed by atoms with Crippen molar-refractivity contribution in [1.29, 1.82) is 0 Å². The molecule has 0 fully saturated rings. The molecule has 148 valence electrons. The molecule has 2 aromatic carbocycles. The van der Waals surface area contributed by atoms with Gasteiger partial charge in [0.05, 0.1) is 48.2 Å². The number of imidazole rings is 1. The minimum absolute atomic E-state index is 0.0879. The lowest BCUT2D eigenvalue weighted by Gasteiger charge is -2.16. The van der Waals surface area contributed by atoms with Gasteiger partial charge in [-0.15, -0.1) is 0 Å². The number of para-hydroxylation sites is 4. The average Bonchev–Trinajstić information content (AvgIpc) is 3.31. The number of anilines is 1. The van der Waals surface area contributed by atoms with Crippen LogP contribution in [0.5, 0.6) is 0 Å². The van der Waals surface area contributed by atoms with Gasteiger partial charge < -0.3 is 20.1 Å². The van der Waals surface area contributed by atoms with E-state index in [9.17, 15) is 14.7 Å². The monoisotopic (exact) mass is 392 g/mol. The zero-order chi connectivity index (χ0) is 20.4. The van der Waals surface area contributed by atoms with Crippen LogP contribution in [0.25, 0.3) is 16.7 Å². The Balaban J connectivity index is 1.76. The Hall–Kier alpha value is -3.65. The highest BCUT2D eigenvalue weighted by molar-refractivity contribution is 6.08. The Morgan fingerprint density at radius 2 is 1.97 bits per heavy atom. The zero-order valence-corrected chi connectivity index (χ0v) is 15.8. The van der Waals surface area contributed by atoms with E-state index in [1.54, 1.807) is 6.33 Å². The molecule has 29 heavy (non-hydrogen) atoms. The fraction of sp³-hybridized carbons (Fsp3) is 0.190. The van der Waals surface area contributed by atoms with Gasteiger partial charge >= 0.3 is 5.97 Å². The summed E-state index contributed by atoms with van der Waals surface area (Å²) < 4.78 is 6.76. The molecule has 4 rings (SSSR count). The lowest BCUT2D eigenvalue weighted by molar-refractivity contribution is -0.136. The van der Waals surface area contributed by atoms with Crippen LogP contribution in [0.3, 0.4) is 0 Å². The molecule has 1 aliphatic rings. The van der Waals surface area contributed by atoms with E-state index in [0.29, 0.717) is 5.69 Å². The number of ether oxygens (including phenoxy) is 1. The Labute approximate surface area is 167 Å². The first-order chi connectivity index (χ1) is 14.1. The summed E-state index contributed by atoms with van der Waals surface area (Å²) in [7, 11) is 1.28. The summed E-state index contributed by atoms with van der Waals surface area (Å²) in [5.74, 6) is -0.934. The number of methoxy groups -OCH3 is 1. The number of aliphatic hydroxyl groups is 1. The fourth-order valence-electron chi connectivity index (χ4n) is 3.42. The van der Waals surface area contributed by atoms with Crippen molar-refractivity contribution >= 4 is 28.6 Å². The molecule has 1 amide bonds. The van der Waals surface area contributed by atoms with E-state index in [2.05, 4.69) is 10.3 Å². The number of carbonyl (C=O) groups excluding carboxylic acids is 2. The van der Waals surface area contributed by atoms with E-state index in [-0.39, 0.29) is 36.9 Å². The maximum absolute atomic E-state index is 12.8. The summed E-state index contributed by atoms with van der Waals surface area (Å²) in [6.07, 6.45) is 1.72. The van der Waals surface area contributed by atoms with Crippen LogP contribution < -0.4 is 5.32 Å². The van der Waals surface area contributed by atoms with Gasteiger partial charge in [-0.2, -0.15) is 0 Å². The molecular weight excluding hydrogens is 372 g/mol. The quantitative estimate of drug-likeness (QED) is 0.620. The van der Waals surface area contributed by atoms with Gasteiger partial charge in [-0.05, 0) is 24.3 Å². The van der Waals surface area contributed by atoms with E-state index in [0.717, 1.165) is 16.7 Å². The first-order valence-corrected chi connectivity index (χ1v) is 9.14. The highest BCUT2D eigenvalue weighted by Gasteiger charge is 2.34. The van der Waals surface area contributed by atoms with Gasteiger partial charge in [0.1, 0.15) is 12.0 Å². The van der Waals surface area contributed by atoms with Crippen molar-refractivity contribution in [3.63, 3.8) is 0 Å². The maximum atomic E-state index is 12.8. The number of nitrogens with one attached hydrogen (secondary N) is 1. The van der Waals surface area contributed by atoms with Gasteiger partial charge in [0.25, 0.3) is 5.91 Å². The molecule has 0 saturated heterocycles. The van der Waals surface area contributed by atoms with Crippen LogP contribution in [0, 0.1) is 0 Å². The van der Waals surface area contributed by atoms with Crippen LogP contribution in [0.15, 0.2) is 66.1 Å². The summed E-state index contributed by atoms with van der Waals surface area (Å²) in [6, 6.07) is 15.2. The molecule has 3 aromatic rings. The Kier molecular flexibility index (Phi) is 5.01. The molecule has 0 saturated carbocycles. The first-order valence-electron chi connectivity index (χ1n) is 9.14. The summed E-state index contributed by atoms with van der Waals surface area (Å²) in [6.45, 7) is 0.0357. The third-order valence-electron chi connectivity index (χ3n) is 4.83. The predicted molar refractivity (Wildman–Crippen MR) is 107 cm³/mol. The molecule has 0 atom stereocenters. The molecule has 0 radical (unpaired) electrons. The van der Waals surface area contributed by atoms with Gasteiger partial charge in [-0.25, -0.2) is 9.78 Å². The zero-order valence-electron chi connectivity index (χ0n) is 15.8. The van der Waals surface area contributed by atoms with E-state index < -0.39 is 5.97 Å². The molecule has 2 N–H and O–H groups in total. The lowest BCUT2D eigenvalue weighted by atomic mass is 10.2. The van der Waals surface area contributed by atoms with Gasteiger partial charge in [0.15, 0.2) is 0 Å². The minimum atomic E-state index is -0.577. The molecular formula is C21H20N4O4. The first kappa shape index (κ1) is 18.7. The van der Waals surface area contributed by atoms with Crippen LogP contribution >= 0.6 is 0 Å². The topological polar surface area (TPSA) is 96.7 Å². The standard InChI is InChI=1S/C21H20N4O4/c1-29-21(28)14-12-24(10-11-26)20(27)19(14)23-16-7-3-5-9-18(16)25-13-22-15-6-2-4-8-17(15)25/h2-9,13,23,26H,10-12H2,1H3. The number of nitrogens with zero attached hydrogens (tertiary/aromatic N) is 3. The third kappa shape index (κ3) is 3.34. The van der Waals surface area contributed by atoms with Crippen LogP contribution in [-0.4, -0.2) is 58.2 Å². The van der Waals surface area contributed by atoms with E-state index in [1.807, 2.05) is 53.1 Å². The van der Waals surface area contributed by atoms with Gasteiger partial charge in [-0.3, -0.25) is 9.36 Å². The van der Waals surface area contributed by atoms with Crippen LogP contribution in [0.2, 0.25) is 0 Å². The van der Waals surface area contributed by atoms with Crippen molar-refractivity contribution in [2.24, 2.45) is 0 Å². The van der Waals surface area contributed by atoms with Gasteiger partial charge in [0, 0.05) is 6.54 Å². The second kappa shape index (κ2) is 7.76. The summed E-state index contributed by atoms with van der Waals surface area (Å²) in [5, 5.41) is 12.3. The maximum Gasteiger partial charge on any atom is 0.337 e. The van der Waals surface area contributed by atoms with E-state index in [4.69, 9.17) is 4.74 Å². The van der Waals surface area contributed by atoms with Crippen LogP contribution in [0.4, 0.5) is 5.69 Å². The van der Waals surface area contributed by atoms with Crippen molar-refractivity contribution in [1.82, 2.24) is 14.5 Å². The lowest BCUT2D eigenvalue weighted by Crippen LogP contribution is -2.31. The highest BCUT2D eigenvalue weighted by Crippen LogP contribution is 2.28. The van der Waals surface area contributed by atoms with E-state index in [1.165, 1.54) is 12.0 Å². The van der Waals surface area contributed by atoms with Gasteiger partial charge in [0.2, 0.25) is 0 Å². The molecule has 0 aliphatic carbocycles. The number of esters is 1. The normalized spacial score (nSPS) is 14.0. The molecule has 0 bridgehead atoms. The van der Waals surface area contributed by atoms with Crippen molar-refractivity contribution in [3.05, 3.63) is 66.1 Å². The number of amides is 1. The number of rotatable bonds is 6. The Bertz CT molecular complexity index is 1120. The summed E-state index contributed by atoms with van der Waals surface area (Å²) in [5.41, 5.74) is 3.59. The molecule has 8 heteroatoms. The molecule has 8 nitrogen and oxygen atoms in total. The van der Waals surface area contributed by atoms with Crippen LogP contribution in [-0.2, 0) is 14.3 Å². The molecule has 2 heterocycles. The summed E-state index contributed by atoms with van der Waals surface area (Å²) >= 11 is 0. The highest BCUT2D eigenvalue weighted by atomic mass is 16.5. The van der Waals surface area contributed by atoms with Crippen molar-refractivity contribution in [2.75, 3.05) is 32.1 Å². The number of aromatic nitrogens is 2. The Morgan fingerprint density at radius 1 is 1.21 bits per heavy atom. The second-order valence-corrected chi connectivity index (χ2v) is 6.54. The van der Waals surface area contributed by atoms with Crippen LogP contribution in [0.1, 0.15) is 0 Å². The van der Waals surface area contributed by atoms with Crippen molar-refractivity contribution < 1.29 is 19.4 Å². The van der Waals surface area contributed by atoms with Crippen molar-refractivity contribution in [3.8, 4) is 5.69 Å². The molecule has 0 unspecified atom stereocenters. The predicted octanol–water partition coefficient (Wildman–Crippen LogP) is 1.70. The second-order valence-electron chi connectivity index (χ2n) is 6.54. The molecule has 1 aliphatic heterocycles.